The molecule has 57 valence electrons. The summed E-state index contributed by atoms with van der Waals surface area (Å²) in [6, 6.07) is 9.53. The smallest absolute Gasteiger partial charge is 0.0181 e. The first-order chi connectivity index (χ1) is 5.38. The summed E-state index contributed by atoms with van der Waals surface area (Å²) in [5.74, 6) is 0.772. The maximum Gasteiger partial charge on any atom is -0.0181 e. The SMILES string of the molecule is CC1CCCc2c[c]ccc21. The topological polar surface area (TPSA) is 0 Å². The quantitative estimate of drug-likeness (QED) is 0.526. The molecule has 0 heterocycles. The summed E-state index contributed by atoms with van der Waals surface area (Å²) in [5, 5.41) is 0. The first-order valence-corrected chi connectivity index (χ1v) is 4.37. The Kier molecular flexibility index (Phi) is 1.69. The van der Waals surface area contributed by atoms with Crippen molar-refractivity contribution in [2.75, 3.05) is 0 Å². The van der Waals surface area contributed by atoms with Crippen LogP contribution in [0.15, 0.2) is 18.2 Å². The van der Waals surface area contributed by atoms with E-state index in [1.165, 1.54) is 24.8 Å². The molecule has 1 aromatic rings. The summed E-state index contributed by atoms with van der Waals surface area (Å²) < 4.78 is 0. The molecule has 1 aliphatic rings. The van der Waals surface area contributed by atoms with E-state index in [4.69, 9.17) is 0 Å². The van der Waals surface area contributed by atoms with Gasteiger partial charge in [0.25, 0.3) is 0 Å². The van der Waals surface area contributed by atoms with Gasteiger partial charge in [0.15, 0.2) is 0 Å². The summed E-state index contributed by atoms with van der Waals surface area (Å²) in [4.78, 5) is 0. The van der Waals surface area contributed by atoms with Crippen molar-refractivity contribution in [3.8, 4) is 0 Å². The number of hydrogen-bond donors (Lipinski definition) is 0. The van der Waals surface area contributed by atoms with E-state index >= 15 is 0 Å². The molecule has 0 spiro atoms. The Labute approximate surface area is 68.3 Å². The molecule has 0 fully saturated rings. The number of aryl methyl sites for hydroxylation is 1. The third kappa shape index (κ3) is 1.18. The Bertz CT molecular complexity index is 250. The van der Waals surface area contributed by atoms with Crippen LogP contribution >= 0.6 is 0 Å². The highest BCUT2D eigenvalue weighted by Gasteiger charge is 2.14. The summed E-state index contributed by atoms with van der Waals surface area (Å²) >= 11 is 0. The molecule has 0 heteroatoms. The van der Waals surface area contributed by atoms with E-state index in [0.717, 1.165) is 5.92 Å². The monoisotopic (exact) mass is 145 g/mol. The van der Waals surface area contributed by atoms with Crippen LogP contribution < -0.4 is 0 Å². The van der Waals surface area contributed by atoms with E-state index in [9.17, 15) is 0 Å². The van der Waals surface area contributed by atoms with Crippen molar-refractivity contribution in [2.45, 2.75) is 32.1 Å². The fraction of sp³-hybridized carbons (Fsp3) is 0.455. The molecule has 1 aliphatic carbocycles. The molecule has 0 saturated heterocycles. The second kappa shape index (κ2) is 2.69. The molecule has 0 aromatic heterocycles. The molecule has 1 aromatic carbocycles. The maximum atomic E-state index is 3.14. The van der Waals surface area contributed by atoms with E-state index in [0.29, 0.717) is 0 Å². The van der Waals surface area contributed by atoms with Crippen molar-refractivity contribution >= 4 is 0 Å². The van der Waals surface area contributed by atoms with Crippen LogP contribution in [0, 0.1) is 6.07 Å². The van der Waals surface area contributed by atoms with Crippen molar-refractivity contribution in [2.24, 2.45) is 0 Å². The van der Waals surface area contributed by atoms with Gasteiger partial charge in [-0.2, -0.15) is 0 Å². The lowest BCUT2D eigenvalue weighted by Crippen LogP contribution is -2.05. The first-order valence-electron chi connectivity index (χ1n) is 4.37. The Hall–Kier alpha value is -0.780. The van der Waals surface area contributed by atoms with E-state index in [1.54, 1.807) is 5.56 Å². The number of rotatable bonds is 0. The van der Waals surface area contributed by atoms with Gasteiger partial charge in [-0.1, -0.05) is 25.1 Å². The van der Waals surface area contributed by atoms with Crippen LogP contribution in [-0.2, 0) is 6.42 Å². The molecule has 0 N–H and O–H groups in total. The average molecular weight is 145 g/mol. The van der Waals surface area contributed by atoms with Crippen molar-refractivity contribution in [3.63, 3.8) is 0 Å². The Morgan fingerprint density at radius 3 is 3.27 bits per heavy atom. The molecule has 0 nitrogen and oxygen atoms in total. The van der Waals surface area contributed by atoms with Gasteiger partial charge in [0, 0.05) is 0 Å². The van der Waals surface area contributed by atoms with E-state index in [1.807, 2.05) is 6.07 Å². The number of fused-ring (bicyclic) bond motifs is 1. The van der Waals surface area contributed by atoms with Crippen LogP contribution in [0.1, 0.15) is 36.8 Å². The van der Waals surface area contributed by atoms with Gasteiger partial charge in [-0.05, 0) is 42.4 Å². The van der Waals surface area contributed by atoms with Crippen molar-refractivity contribution in [1.29, 1.82) is 0 Å². The van der Waals surface area contributed by atoms with Crippen LogP contribution in [0.4, 0.5) is 0 Å². The third-order valence-electron chi connectivity index (χ3n) is 2.60. The van der Waals surface area contributed by atoms with Crippen molar-refractivity contribution < 1.29 is 0 Å². The zero-order valence-corrected chi connectivity index (χ0v) is 6.93. The van der Waals surface area contributed by atoms with E-state index in [2.05, 4.69) is 25.1 Å². The van der Waals surface area contributed by atoms with Gasteiger partial charge in [0.05, 0.1) is 0 Å². The third-order valence-corrected chi connectivity index (χ3v) is 2.60. The summed E-state index contributed by atoms with van der Waals surface area (Å²) in [6.45, 7) is 2.32. The van der Waals surface area contributed by atoms with Crippen LogP contribution in [0.3, 0.4) is 0 Å². The maximum absolute atomic E-state index is 3.14. The van der Waals surface area contributed by atoms with E-state index in [-0.39, 0.29) is 0 Å². The molecular weight excluding hydrogens is 132 g/mol. The molecular formula is C11H13. The Morgan fingerprint density at radius 1 is 1.55 bits per heavy atom. The van der Waals surface area contributed by atoms with Crippen LogP contribution in [0.2, 0.25) is 0 Å². The normalized spacial score (nSPS) is 22.8. The highest BCUT2D eigenvalue weighted by molar-refractivity contribution is 5.31. The zero-order chi connectivity index (χ0) is 7.68. The summed E-state index contributed by atoms with van der Waals surface area (Å²) in [5.41, 5.74) is 3.07. The second-order valence-corrected chi connectivity index (χ2v) is 3.42. The predicted molar refractivity (Wildman–Crippen MR) is 46.6 cm³/mol. The lowest BCUT2D eigenvalue weighted by atomic mass is 9.84. The molecule has 0 amide bonds. The average Bonchev–Trinajstić information content (AvgIpc) is 2.06. The molecule has 0 bridgehead atoms. The predicted octanol–water partition coefficient (Wildman–Crippen LogP) is 2.93. The van der Waals surface area contributed by atoms with Crippen LogP contribution in [0.25, 0.3) is 0 Å². The number of hydrogen-bond acceptors (Lipinski definition) is 0. The van der Waals surface area contributed by atoms with Crippen molar-refractivity contribution in [3.05, 3.63) is 35.4 Å². The van der Waals surface area contributed by atoms with Gasteiger partial charge in [-0.15, -0.1) is 0 Å². The molecule has 11 heavy (non-hydrogen) atoms. The minimum Gasteiger partial charge on any atom is -0.0584 e. The summed E-state index contributed by atoms with van der Waals surface area (Å²) in [7, 11) is 0. The minimum atomic E-state index is 0.772. The molecule has 0 aliphatic heterocycles. The lowest BCUT2D eigenvalue weighted by Gasteiger charge is -2.21. The number of benzene rings is 1. The fourth-order valence-corrected chi connectivity index (χ4v) is 1.93. The lowest BCUT2D eigenvalue weighted by molar-refractivity contribution is 0.590. The summed E-state index contributed by atoms with van der Waals surface area (Å²) in [6.07, 6.45) is 3.97. The highest BCUT2D eigenvalue weighted by Crippen LogP contribution is 2.30. The second-order valence-electron chi connectivity index (χ2n) is 3.42. The van der Waals surface area contributed by atoms with Crippen LogP contribution in [-0.4, -0.2) is 0 Å². The molecule has 2 rings (SSSR count). The molecule has 0 saturated carbocycles. The molecule has 1 atom stereocenters. The Morgan fingerprint density at radius 2 is 2.45 bits per heavy atom. The molecule has 1 radical (unpaired) electrons. The van der Waals surface area contributed by atoms with Crippen molar-refractivity contribution in [1.82, 2.24) is 0 Å². The zero-order valence-electron chi connectivity index (χ0n) is 6.93. The fourth-order valence-electron chi connectivity index (χ4n) is 1.93. The molecule has 1 unspecified atom stereocenters. The van der Waals surface area contributed by atoms with Gasteiger partial charge in [-0.25, -0.2) is 0 Å². The van der Waals surface area contributed by atoms with Crippen LogP contribution in [0.5, 0.6) is 0 Å². The van der Waals surface area contributed by atoms with E-state index < -0.39 is 0 Å². The standard InChI is InChI=1S/C11H13/c1-9-5-4-7-10-6-2-3-8-11(9)10/h3,6,8-9H,4-5,7H2,1H3. The largest absolute Gasteiger partial charge is 0.0584 e. The van der Waals surface area contributed by atoms with Gasteiger partial charge in [-0.3, -0.25) is 0 Å². The Balaban J connectivity index is 2.44. The van der Waals surface area contributed by atoms with Gasteiger partial charge in [0.1, 0.15) is 0 Å². The minimum absolute atomic E-state index is 0.772. The van der Waals surface area contributed by atoms with Gasteiger partial charge in [0.2, 0.25) is 0 Å². The van der Waals surface area contributed by atoms with Gasteiger partial charge >= 0.3 is 0 Å². The first kappa shape index (κ1) is 6.90. The highest BCUT2D eigenvalue weighted by atomic mass is 14.2. The van der Waals surface area contributed by atoms with Gasteiger partial charge < -0.3 is 0 Å².